The van der Waals surface area contributed by atoms with Crippen molar-refractivity contribution in [2.45, 2.75) is 59.6 Å². The molecule has 1 heterocycles. The summed E-state index contributed by atoms with van der Waals surface area (Å²) in [7, 11) is 0. The molecule has 0 aromatic heterocycles. The van der Waals surface area contributed by atoms with E-state index >= 15 is 0 Å². The van der Waals surface area contributed by atoms with Crippen LogP contribution in [0.5, 0.6) is 0 Å². The zero-order chi connectivity index (χ0) is 16.7. The number of piperidine rings is 1. The minimum Gasteiger partial charge on any atom is -0.444 e. The monoisotopic (exact) mass is 310 g/mol. The summed E-state index contributed by atoms with van der Waals surface area (Å²) in [5.41, 5.74) is -0.466. The Morgan fingerprint density at radius 1 is 1.23 bits per heavy atom. The normalized spacial score (nSPS) is 29.5. The number of nitrogens with one attached hydrogen (secondary N) is 1. The van der Waals surface area contributed by atoms with Crippen molar-refractivity contribution in [3.8, 4) is 0 Å². The Morgan fingerprint density at radius 2 is 1.77 bits per heavy atom. The Kier molecular flexibility index (Phi) is 4.73. The first-order valence-corrected chi connectivity index (χ1v) is 8.42. The summed E-state index contributed by atoms with van der Waals surface area (Å²) >= 11 is 0. The number of amides is 2. The van der Waals surface area contributed by atoms with Gasteiger partial charge in [-0.2, -0.15) is 0 Å². The van der Waals surface area contributed by atoms with Gasteiger partial charge in [-0.3, -0.25) is 4.79 Å². The molecule has 1 saturated carbocycles. The van der Waals surface area contributed by atoms with Gasteiger partial charge < -0.3 is 15.0 Å². The van der Waals surface area contributed by atoms with Crippen molar-refractivity contribution < 1.29 is 14.3 Å². The van der Waals surface area contributed by atoms with E-state index < -0.39 is 5.60 Å². The molecule has 0 aromatic rings. The van der Waals surface area contributed by atoms with Gasteiger partial charge in [-0.05, 0) is 45.4 Å². The quantitative estimate of drug-likeness (QED) is 0.868. The third-order valence-electron chi connectivity index (χ3n) is 5.02. The molecule has 0 bridgehead atoms. The largest absolute Gasteiger partial charge is 0.444 e. The Labute approximate surface area is 133 Å². The molecule has 126 valence electrons. The van der Waals surface area contributed by atoms with Gasteiger partial charge in [0.1, 0.15) is 5.60 Å². The lowest BCUT2D eigenvalue weighted by molar-refractivity contribution is -0.124. The SMILES string of the molecule is CCC(C)C(C)NC(=O)C1C2CN(C(=O)OC(C)(C)C)CC21. The first-order valence-electron chi connectivity index (χ1n) is 8.42. The van der Waals surface area contributed by atoms with Gasteiger partial charge in [0.25, 0.3) is 0 Å². The average molecular weight is 310 g/mol. The molecule has 0 spiro atoms. The van der Waals surface area contributed by atoms with E-state index in [1.165, 1.54) is 0 Å². The van der Waals surface area contributed by atoms with Crippen molar-refractivity contribution in [2.75, 3.05) is 13.1 Å². The summed E-state index contributed by atoms with van der Waals surface area (Å²) in [6, 6.07) is 0.209. The number of ether oxygens (including phenoxy) is 1. The van der Waals surface area contributed by atoms with Crippen molar-refractivity contribution in [3.63, 3.8) is 0 Å². The smallest absolute Gasteiger partial charge is 0.410 e. The lowest BCUT2D eigenvalue weighted by Gasteiger charge is -2.26. The van der Waals surface area contributed by atoms with Crippen molar-refractivity contribution in [1.29, 1.82) is 0 Å². The molecule has 1 aliphatic heterocycles. The van der Waals surface area contributed by atoms with Crippen molar-refractivity contribution in [3.05, 3.63) is 0 Å². The second-order valence-electron chi connectivity index (χ2n) is 7.92. The number of hydrogen-bond acceptors (Lipinski definition) is 3. The van der Waals surface area contributed by atoms with Gasteiger partial charge in [0, 0.05) is 25.0 Å². The van der Waals surface area contributed by atoms with E-state index in [2.05, 4.69) is 26.1 Å². The maximum absolute atomic E-state index is 12.3. The second-order valence-corrected chi connectivity index (χ2v) is 7.92. The van der Waals surface area contributed by atoms with Gasteiger partial charge in [-0.15, -0.1) is 0 Å². The molecule has 5 heteroatoms. The molecule has 1 saturated heterocycles. The summed E-state index contributed by atoms with van der Waals surface area (Å²) < 4.78 is 5.38. The highest BCUT2D eigenvalue weighted by atomic mass is 16.6. The van der Waals surface area contributed by atoms with Crippen LogP contribution in [0.25, 0.3) is 0 Å². The highest BCUT2D eigenvalue weighted by Crippen LogP contribution is 2.52. The van der Waals surface area contributed by atoms with Crippen LogP contribution in [0.4, 0.5) is 4.79 Å². The highest BCUT2D eigenvalue weighted by Gasteiger charge is 2.60. The number of likely N-dealkylation sites (tertiary alicyclic amines) is 1. The predicted octanol–water partition coefficient (Wildman–Crippen LogP) is 2.65. The minimum atomic E-state index is -0.466. The Morgan fingerprint density at radius 3 is 2.23 bits per heavy atom. The topological polar surface area (TPSA) is 58.6 Å². The average Bonchev–Trinajstić information content (AvgIpc) is 2.90. The summed E-state index contributed by atoms with van der Waals surface area (Å²) in [4.78, 5) is 26.1. The van der Waals surface area contributed by atoms with Gasteiger partial charge >= 0.3 is 6.09 Å². The van der Waals surface area contributed by atoms with E-state index in [-0.39, 0.29) is 24.0 Å². The molecule has 0 radical (unpaired) electrons. The number of carbonyl (C=O) groups is 2. The summed E-state index contributed by atoms with van der Waals surface area (Å²) in [5.74, 6) is 1.37. The minimum absolute atomic E-state index is 0.0881. The molecule has 4 unspecified atom stereocenters. The standard InChI is InChI=1S/C17H30N2O3/c1-7-10(2)11(3)18-15(20)14-12-8-19(9-13(12)14)16(21)22-17(4,5)6/h10-14H,7-9H2,1-6H3,(H,18,20). The van der Waals surface area contributed by atoms with Crippen LogP contribution in [0.15, 0.2) is 0 Å². The van der Waals surface area contributed by atoms with Gasteiger partial charge in [0.15, 0.2) is 0 Å². The Hall–Kier alpha value is -1.26. The molecule has 22 heavy (non-hydrogen) atoms. The fraction of sp³-hybridized carbons (Fsp3) is 0.882. The third kappa shape index (κ3) is 3.73. The molecular weight excluding hydrogens is 280 g/mol. The molecule has 1 N–H and O–H groups in total. The number of hydrogen-bond donors (Lipinski definition) is 1. The molecular formula is C17H30N2O3. The zero-order valence-electron chi connectivity index (χ0n) is 14.7. The molecule has 5 nitrogen and oxygen atoms in total. The van der Waals surface area contributed by atoms with E-state index in [0.29, 0.717) is 30.8 Å². The highest BCUT2D eigenvalue weighted by molar-refractivity contribution is 5.83. The van der Waals surface area contributed by atoms with Crippen molar-refractivity contribution in [2.24, 2.45) is 23.7 Å². The maximum Gasteiger partial charge on any atom is 0.410 e. The third-order valence-corrected chi connectivity index (χ3v) is 5.02. The Balaban J connectivity index is 1.78. The molecule has 1 aliphatic carbocycles. The van der Waals surface area contributed by atoms with Gasteiger partial charge in [-0.1, -0.05) is 20.3 Å². The van der Waals surface area contributed by atoms with E-state index in [9.17, 15) is 9.59 Å². The van der Waals surface area contributed by atoms with Crippen LogP contribution in [0.1, 0.15) is 48.0 Å². The van der Waals surface area contributed by atoms with Crippen LogP contribution in [0.2, 0.25) is 0 Å². The summed E-state index contributed by atoms with van der Waals surface area (Å²) in [6.07, 6.45) is 0.803. The van der Waals surface area contributed by atoms with Crippen LogP contribution < -0.4 is 5.32 Å². The lowest BCUT2D eigenvalue weighted by Crippen LogP contribution is -2.41. The van der Waals surface area contributed by atoms with E-state index in [4.69, 9.17) is 4.74 Å². The van der Waals surface area contributed by atoms with Crippen LogP contribution >= 0.6 is 0 Å². The fourth-order valence-corrected chi connectivity index (χ4v) is 3.21. The van der Waals surface area contributed by atoms with Crippen molar-refractivity contribution >= 4 is 12.0 Å². The zero-order valence-corrected chi connectivity index (χ0v) is 14.7. The van der Waals surface area contributed by atoms with Crippen LogP contribution in [-0.4, -0.2) is 41.6 Å². The van der Waals surface area contributed by atoms with E-state index in [0.717, 1.165) is 6.42 Å². The molecule has 2 rings (SSSR count). The van der Waals surface area contributed by atoms with Crippen LogP contribution in [-0.2, 0) is 9.53 Å². The fourth-order valence-electron chi connectivity index (χ4n) is 3.21. The summed E-state index contributed by atoms with van der Waals surface area (Å²) in [5, 5.41) is 3.13. The van der Waals surface area contributed by atoms with Gasteiger partial charge in [0.2, 0.25) is 5.91 Å². The first kappa shape index (κ1) is 17.1. The number of fused-ring (bicyclic) bond motifs is 1. The summed E-state index contributed by atoms with van der Waals surface area (Å²) in [6.45, 7) is 13.3. The van der Waals surface area contributed by atoms with Gasteiger partial charge in [-0.25, -0.2) is 4.79 Å². The number of rotatable bonds is 4. The Bertz CT molecular complexity index is 432. The van der Waals surface area contributed by atoms with Gasteiger partial charge in [0.05, 0.1) is 0 Å². The molecule has 0 aromatic carbocycles. The van der Waals surface area contributed by atoms with Crippen LogP contribution in [0.3, 0.4) is 0 Å². The lowest BCUT2D eigenvalue weighted by atomic mass is 10.0. The molecule has 2 amide bonds. The molecule has 2 aliphatic rings. The molecule has 4 atom stereocenters. The second kappa shape index (κ2) is 6.09. The number of carbonyl (C=O) groups excluding carboxylic acids is 2. The van der Waals surface area contributed by atoms with Crippen molar-refractivity contribution in [1.82, 2.24) is 10.2 Å². The first-order chi connectivity index (χ1) is 10.1. The van der Waals surface area contributed by atoms with Crippen LogP contribution in [0, 0.1) is 23.7 Å². The maximum atomic E-state index is 12.3. The van der Waals surface area contributed by atoms with E-state index in [1.807, 2.05) is 20.8 Å². The number of nitrogens with zero attached hydrogens (tertiary/aromatic N) is 1. The molecule has 2 fully saturated rings. The van der Waals surface area contributed by atoms with E-state index in [1.54, 1.807) is 4.90 Å². The predicted molar refractivity (Wildman–Crippen MR) is 85.3 cm³/mol.